The Bertz CT molecular complexity index is 460. The van der Waals surface area contributed by atoms with Crippen molar-refractivity contribution in [3.8, 4) is 0 Å². The molecule has 4 heteroatoms. The lowest BCUT2D eigenvalue weighted by atomic mass is 10.2. The third-order valence-electron chi connectivity index (χ3n) is 2.22. The highest BCUT2D eigenvalue weighted by molar-refractivity contribution is 7.91. The largest absolute Gasteiger partial charge is 0.223 e. The van der Waals surface area contributed by atoms with Gasteiger partial charge >= 0.3 is 0 Å². The van der Waals surface area contributed by atoms with E-state index in [1.54, 1.807) is 24.3 Å². The lowest BCUT2D eigenvalue weighted by Crippen LogP contribution is -2.09. The lowest BCUT2D eigenvalue weighted by molar-refractivity contribution is 0.597. The van der Waals surface area contributed by atoms with E-state index >= 15 is 0 Å². The number of benzene rings is 1. The Labute approximate surface area is 102 Å². The van der Waals surface area contributed by atoms with Gasteiger partial charge in [-0.15, -0.1) is 11.6 Å². The van der Waals surface area contributed by atoms with E-state index in [0.29, 0.717) is 22.8 Å². The molecule has 0 aromatic heterocycles. The Hall–Kier alpha value is -0.800. The summed E-state index contributed by atoms with van der Waals surface area (Å²) in [4.78, 5) is 0.342. The van der Waals surface area contributed by atoms with Crippen molar-refractivity contribution in [2.24, 2.45) is 0 Å². The van der Waals surface area contributed by atoms with Gasteiger partial charge in [-0.25, -0.2) is 8.42 Å². The fourth-order valence-corrected chi connectivity index (χ4v) is 2.97. The molecular weight excluding hydrogens is 244 g/mol. The van der Waals surface area contributed by atoms with Crippen molar-refractivity contribution in [2.45, 2.75) is 18.2 Å². The van der Waals surface area contributed by atoms with Gasteiger partial charge in [-0.1, -0.05) is 29.8 Å². The van der Waals surface area contributed by atoms with E-state index in [0.717, 1.165) is 5.56 Å². The van der Waals surface area contributed by atoms with Crippen LogP contribution in [0.4, 0.5) is 0 Å². The second-order valence-electron chi connectivity index (χ2n) is 3.76. The van der Waals surface area contributed by atoms with Gasteiger partial charge in [0.25, 0.3) is 0 Å². The van der Waals surface area contributed by atoms with Crippen molar-refractivity contribution < 1.29 is 8.42 Å². The Morgan fingerprint density at radius 3 is 2.38 bits per heavy atom. The second kappa shape index (κ2) is 5.51. The molecule has 0 atom stereocenters. The minimum atomic E-state index is -3.26. The summed E-state index contributed by atoms with van der Waals surface area (Å²) >= 11 is 5.54. The number of rotatable bonds is 5. The van der Waals surface area contributed by atoms with Crippen molar-refractivity contribution in [1.82, 2.24) is 0 Å². The van der Waals surface area contributed by atoms with E-state index in [2.05, 4.69) is 6.58 Å². The molecule has 0 N–H and O–H groups in total. The zero-order valence-corrected chi connectivity index (χ0v) is 10.8. The number of hydrogen-bond donors (Lipinski definition) is 0. The molecule has 88 valence electrons. The first-order chi connectivity index (χ1) is 7.45. The van der Waals surface area contributed by atoms with Crippen molar-refractivity contribution >= 4 is 21.4 Å². The highest BCUT2D eigenvalue weighted by atomic mass is 35.5. The van der Waals surface area contributed by atoms with Crippen LogP contribution in [-0.2, 0) is 9.84 Å². The van der Waals surface area contributed by atoms with Crippen LogP contribution in [0, 0.1) is 6.92 Å². The second-order valence-corrected chi connectivity index (χ2v) is 6.13. The highest BCUT2D eigenvalue weighted by Crippen LogP contribution is 2.15. The van der Waals surface area contributed by atoms with Crippen LogP contribution in [0.2, 0.25) is 0 Å². The summed E-state index contributed by atoms with van der Waals surface area (Å²) in [5, 5.41) is 0. The van der Waals surface area contributed by atoms with Gasteiger partial charge in [0, 0.05) is 5.88 Å². The zero-order valence-electron chi connectivity index (χ0n) is 9.24. The van der Waals surface area contributed by atoms with E-state index in [9.17, 15) is 8.42 Å². The van der Waals surface area contributed by atoms with Gasteiger partial charge in [0.1, 0.15) is 0 Å². The summed E-state index contributed by atoms with van der Waals surface area (Å²) in [7, 11) is -3.26. The normalized spacial score (nSPS) is 11.4. The maximum atomic E-state index is 11.9. The molecule has 0 heterocycles. The third-order valence-corrected chi connectivity index (χ3v) is 4.19. The molecule has 0 aliphatic carbocycles. The van der Waals surface area contributed by atoms with Gasteiger partial charge in [0.15, 0.2) is 9.84 Å². The van der Waals surface area contributed by atoms with Crippen molar-refractivity contribution in [1.29, 1.82) is 0 Å². The first kappa shape index (κ1) is 13.3. The van der Waals surface area contributed by atoms with Crippen LogP contribution >= 0.6 is 11.6 Å². The van der Waals surface area contributed by atoms with Crippen LogP contribution in [0.5, 0.6) is 0 Å². The summed E-state index contributed by atoms with van der Waals surface area (Å²) in [6.45, 7) is 5.63. The summed E-state index contributed by atoms with van der Waals surface area (Å²) in [6, 6.07) is 6.83. The number of alkyl halides is 1. The average Bonchev–Trinajstić information content (AvgIpc) is 2.17. The molecule has 0 radical (unpaired) electrons. The van der Waals surface area contributed by atoms with Crippen molar-refractivity contribution in [2.75, 3.05) is 11.6 Å². The SMILES string of the molecule is C=C(CCCl)CS(=O)(=O)c1ccc(C)cc1. The maximum Gasteiger partial charge on any atom is 0.182 e. The van der Waals surface area contributed by atoms with Crippen LogP contribution in [0.3, 0.4) is 0 Å². The predicted molar refractivity (Wildman–Crippen MR) is 67.7 cm³/mol. The molecule has 0 amide bonds. The minimum Gasteiger partial charge on any atom is -0.223 e. The number of halogens is 1. The van der Waals surface area contributed by atoms with Crippen LogP contribution < -0.4 is 0 Å². The molecular formula is C12H15ClO2S. The Morgan fingerprint density at radius 2 is 1.88 bits per heavy atom. The predicted octanol–water partition coefficient (Wildman–Crippen LogP) is 2.95. The van der Waals surface area contributed by atoms with Crippen LogP contribution in [0.15, 0.2) is 41.3 Å². The monoisotopic (exact) mass is 258 g/mol. The number of sulfone groups is 1. The molecule has 0 bridgehead atoms. The summed E-state index contributed by atoms with van der Waals surface area (Å²) in [5.41, 5.74) is 1.69. The minimum absolute atomic E-state index is 0.0250. The molecule has 0 aliphatic heterocycles. The number of hydrogen-bond acceptors (Lipinski definition) is 2. The zero-order chi connectivity index (χ0) is 12.2. The van der Waals surface area contributed by atoms with Gasteiger partial charge in [0.2, 0.25) is 0 Å². The lowest BCUT2D eigenvalue weighted by Gasteiger charge is -2.06. The quantitative estimate of drug-likeness (QED) is 0.601. The smallest absolute Gasteiger partial charge is 0.182 e. The molecule has 0 unspecified atom stereocenters. The molecule has 0 fully saturated rings. The molecule has 2 nitrogen and oxygen atoms in total. The fraction of sp³-hybridized carbons (Fsp3) is 0.333. The van der Waals surface area contributed by atoms with E-state index in [1.165, 1.54) is 0 Å². The molecule has 0 saturated carbocycles. The van der Waals surface area contributed by atoms with E-state index in [4.69, 9.17) is 11.6 Å². The Balaban J connectivity index is 2.86. The average molecular weight is 259 g/mol. The standard InChI is InChI=1S/C12H15ClO2S/c1-10-3-5-12(6-4-10)16(14,15)9-11(2)7-8-13/h3-6H,2,7-9H2,1H3. The molecule has 1 aromatic carbocycles. The maximum absolute atomic E-state index is 11.9. The highest BCUT2D eigenvalue weighted by Gasteiger charge is 2.15. The van der Waals surface area contributed by atoms with Gasteiger partial charge < -0.3 is 0 Å². The summed E-state index contributed by atoms with van der Waals surface area (Å²) < 4.78 is 23.8. The topological polar surface area (TPSA) is 34.1 Å². The fourth-order valence-electron chi connectivity index (χ4n) is 1.30. The van der Waals surface area contributed by atoms with Crippen LogP contribution in [0.25, 0.3) is 0 Å². The van der Waals surface area contributed by atoms with Gasteiger partial charge in [-0.3, -0.25) is 0 Å². The van der Waals surface area contributed by atoms with Gasteiger partial charge in [-0.05, 0) is 25.5 Å². The Morgan fingerprint density at radius 1 is 1.31 bits per heavy atom. The molecule has 1 aromatic rings. The van der Waals surface area contributed by atoms with Crippen LogP contribution in [0.1, 0.15) is 12.0 Å². The molecule has 0 spiro atoms. The Kier molecular flexibility index (Phi) is 4.56. The molecule has 0 aliphatic rings. The first-order valence-electron chi connectivity index (χ1n) is 4.98. The van der Waals surface area contributed by atoms with Crippen molar-refractivity contribution in [3.05, 3.63) is 42.0 Å². The van der Waals surface area contributed by atoms with Gasteiger partial charge in [-0.2, -0.15) is 0 Å². The number of aryl methyl sites for hydroxylation is 1. The van der Waals surface area contributed by atoms with Crippen molar-refractivity contribution in [3.63, 3.8) is 0 Å². The first-order valence-corrected chi connectivity index (χ1v) is 7.16. The third kappa shape index (κ3) is 3.65. The summed E-state index contributed by atoms with van der Waals surface area (Å²) in [5.74, 6) is 0.380. The molecule has 0 saturated heterocycles. The van der Waals surface area contributed by atoms with E-state index < -0.39 is 9.84 Å². The molecule has 16 heavy (non-hydrogen) atoms. The van der Waals surface area contributed by atoms with E-state index in [-0.39, 0.29) is 5.75 Å². The molecule has 1 rings (SSSR count). The van der Waals surface area contributed by atoms with E-state index in [1.807, 2.05) is 6.92 Å². The van der Waals surface area contributed by atoms with Gasteiger partial charge in [0.05, 0.1) is 10.6 Å². The summed E-state index contributed by atoms with van der Waals surface area (Å²) in [6.07, 6.45) is 0.534. The van der Waals surface area contributed by atoms with Crippen LogP contribution in [-0.4, -0.2) is 20.1 Å².